The van der Waals surface area contributed by atoms with E-state index in [0.717, 1.165) is 17.0 Å². The normalized spacial score (nSPS) is 11.8. The number of carbonyl (C=O) groups excluding carboxylic acids is 1. The summed E-state index contributed by atoms with van der Waals surface area (Å²) in [4.78, 5) is 16.8. The standard InChI is InChI=1S/C17H23N3OS.ClH/c1-12(2)10-14(13-6-4-3-5-7-13)20-17(21)15-11-22-16(19-15)8-9-18;/h3-7,11-12,14H,8-10,18H2,1-2H3,(H,20,21);1H. The maximum absolute atomic E-state index is 12.4. The smallest absolute Gasteiger partial charge is 0.271 e. The van der Waals surface area contributed by atoms with Gasteiger partial charge in [0.1, 0.15) is 5.69 Å². The molecule has 1 amide bonds. The average molecular weight is 354 g/mol. The van der Waals surface area contributed by atoms with E-state index in [0.29, 0.717) is 24.6 Å². The lowest BCUT2D eigenvalue weighted by molar-refractivity contribution is 0.0927. The third kappa shape index (κ3) is 5.94. The van der Waals surface area contributed by atoms with Crippen LogP contribution in [0.3, 0.4) is 0 Å². The van der Waals surface area contributed by atoms with Gasteiger partial charge in [0, 0.05) is 11.8 Å². The van der Waals surface area contributed by atoms with Crippen LogP contribution in [0.5, 0.6) is 0 Å². The van der Waals surface area contributed by atoms with Gasteiger partial charge in [0.15, 0.2) is 0 Å². The van der Waals surface area contributed by atoms with Gasteiger partial charge in [-0.25, -0.2) is 4.98 Å². The molecule has 3 N–H and O–H groups in total. The molecule has 1 unspecified atom stereocenters. The van der Waals surface area contributed by atoms with Gasteiger partial charge in [0.25, 0.3) is 5.91 Å². The first-order valence-electron chi connectivity index (χ1n) is 7.60. The molecule has 4 nitrogen and oxygen atoms in total. The molecule has 23 heavy (non-hydrogen) atoms. The van der Waals surface area contributed by atoms with Crippen LogP contribution in [0, 0.1) is 5.92 Å². The van der Waals surface area contributed by atoms with Crippen molar-refractivity contribution in [2.45, 2.75) is 32.7 Å². The van der Waals surface area contributed by atoms with Gasteiger partial charge in [-0.1, -0.05) is 44.2 Å². The number of thiazole rings is 1. The zero-order valence-electron chi connectivity index (χ0n) is 13.5. The number of carbonyl (C=O) groups is 1. The first-order chi connectivity index (χ1) is 10.6. The highest BCUT2D eigenvalue weighted by Crippen LogP contribution is 2.22. The molecular weight excluding hydrogens is 330 g/mol. The van der Waals surface area contributed by atoms with Gasteiger partial charge in [-0.3, -0.25) is 4.79 Å². The highest BCUT2D eigenvalue weighted by Gasteiger charge is 2.18. The Morgan fingerprint density at radius 3 is 2.61 bits per heavy atom. The molecule has 1 atom stereocenters. The molecule has 1 aromatic heterocycles. The number of nitrogens with two attached hydrogens (primary N) is 1. The van der Waals surface area contributed by atoms with E-state index in [4.69, 9.17) is 5.73 Å². The summed E-state index contributed by atoms with van der Waals surface area (Å²) in [5.74, 6) is 0.378. The summed E-state index contributed by atoms with van der Waals surface area (Å²) in [6.07, 6.45) is 1.61. The summed E-state index contributed by atoms with van der Waals surface area (Å²) in [6, 6.07) is 10.1. The molecule has 0 saturated heterocycles. The van der Waals surface area contributed by atoms with Crippen LogP contribution in [-0.2, 0) is 6.42 Å². The number of hydrogen-bond donors (Lipinski definition) is 2. The van der Waals surface area contributed by atoms with Gasteiger partial charge in [-0.2, -0.15) is 0 Å². The summed E-state index contributed by atoms with van der Waals surface area (Å²) in [7, 11) is 0. The maximum Gasteiger partial charge on any atom is 0.271 e. The van der Waals surface area contributed by atoms with E-state index in [2.05, 4.69) is 24.1 Å². The van der Waals surface area contributed by atoms with Crippen LogP contribution < -0.4 is 11.1 Å². The number of nitrogens with one attached hydrogen (secondary N) is 1. The number of halogens is 1. The minimum atomic E-state index is -0.117. The third-order valence-corrected chi connectivity index (χ3v) is 4.27. The lowest BCUT2D eigenvalue weighted by Crippen LogP contribution is -2.29. The fourth-order valence-electron chi connectivity index (χ4n) is 2.32. The van der Waals surface area contributed by atoms with Crippen LogP contribution >= 0.6 is 23.7 Å². The quantitative estimate of drug-likeness (QED) is 0.799. The number of nitrogens with zero attached hydrogens (tertiary/aromatic N) is 1. The van der Waals surface area contributed by atoms with E-state index < -0.39 is 0 Å². The molecule has 0 radical (unpaired) electrons. The van der Waals surface area contributed by atoms with E-state index in [1.54, 1.807) is 5.38 Å². The molecular formula is C17H24ClN3OS. The van der Waals surface area contributed by atoms with Gasteiger partial charge in [-0.15, -0.1) is 23.7 Å². The SMILES string of the molecule is CC(C)CC(NC(=O)c1csc(CCN)n1)c1ccccc1.Cl. The van der Waals surface area contributed by atoms with Crippen LogP contribution in [-0.4, -0.2) is 17.4 Å². The molecule has 1 heterocycles. The topological polar surface area (TPSA) is 68.0 Å². The van der Waals surface area contributed by atoms with Crippen LogP contribution in [0.4, 0.5) is 0 Å². The summed E-state index contributed by atoms with van der Waals surface area (Å²) in [5, 5.41) is 5.82. The predicted octanol–water partition coefficient (Wildman–Crippen LogP) is 3.58. The second-order valence-electron chi connectivity index (χ2n) is 5.73. The summed E-state index contributed by atoms with van der Waals surface area (Å²) in [5.41, 5.74) is 7.13. The van der Waals surface area contributed by atoms with Crippen molar-refractivity contribution in [2.24, 2.45) is 11.7 Å². The molecule has 0 spiro atoms. The van der Waals surface area contributed by atoms with E-state index in [9.17, 15) is 4.79 Å². The Bertz CT molecular complexity index is 601. The van der Waals surface area contributed by atoms with Gasteiger partial charge >= 0.3 is 0 Å². The van der Waals surface area contributed by atoms with Gasteiger partial charge in [0.2, 0.25) is 0 Å². The van der Waals surface area contributed by atoms with Crippen molar-refractivity contribution in [1.29, 1.82) is 0 Å². The van der Waals surface area contributed by atoms with Crippen LogP contribution in [0.1, 0.15) is 47.4 Å². The van der Waals surface area contributed by atoms with Crippen molar-refractivity contribution in [3.8, 4) is 0 Å². The van der Waals surface area contributed by atoms with Crippen molar-refractivity contribution < 1.29 is 4.79 Å². The Balaban J connectivity index is 0.00000264. The van der Waals surface area contributed by atoms with Gasteiger partial charge < -0.3 is 11.1 Å². The number of benzene rings is 1. The van der Waals surface area contributed by atoms with Gasteiger partial charge in [0.05, 0.1) is 11.0 Å². The van der Waals surface area contributed by atoms with E-state index in [1.807, 2.05) is 30.3 Å². The van der Waals surface area contributed by atoms with E-state index >= 15 is 0 Å². The second-order valence-corrected chi connectivity index (χ2v) is 6.67. The van der Waals surface area contributed by atoms with Crippen molar-refractivity contribution in [2.75, 3.05) is 6.54 Å². The lowest BCUT2D eigenvalue weighted by atomic mass is 9.97. The Labute approximate surface area is 147 Å². The van der Waals surface area contributed by atoms with Crippen molar-refractivity contribution in [3.63, 3.8) is 0 Å². The fraction of sp³-hybridized carbons (Fsp3) is 0.412. The highest BCUT2D eigenvalue weighted by atomic mass is 35.5. The molecule has 1 aromatic carbocycles. The minimum absolute atomic E-state index is 0. The number of amides is 1. The first kappa shape index (κ1) is 19.6. The highest BCUT2D eigenvalue weighted by molar-refractivity contribution is 7.09. The van der Waals surface area contributed by atoms with E-state index in [-0.39, 0.29) is 24.4 Å². The molecule has 126 valence electrons. The molecule has 6 heteroatoms. The fourth-order valence-corrected chi connectivity index (χ4v) is 3.11. The maximum atomic E-state index is 12.4. The van der Waals surface area contributed by atoms with E-state index in [1.165, 1.54) is 11.3 Å². The Hall–Kier alpha value is -1.43. The van der Waals surface area contributed by atoms with Crippen LogP contribution in [0.25, 0.3) is 0 Å². The number of aromatic nitrogens is 1. The summed E-state index contributed by atoms with van der Waals surface area (Å²) < 4.78 is 0. The second kappa shape index (κ2) is 9.65. The molecule has 0 saturated carbocycles. The van der Waals surface area contributed by atoms with Crippen LogP contribution in [0.2, 0.25) is 0 Å². The summed E-state index contributed by atoms with van der Waals surface area (Å²) in [6.45, 7) is 4.86. The lowest BCUT2D eigenvalue weighted by Gasteiger charge is -2.20. The largest absolute Gasteiger partial charge is 0.344 e. The molecule has 0 aliphatic rings. The Morgan fingerprint density at radius 2 is 2.00 bits per heavy atom. The number of rotatable bonds is 7. The summed E-state index contributed by atoms with van der Waals surface area (Å²) >= 11 is 1.49. The van der Waals surface area contributed by atoms with Crippen molar-refractivity contribution in [3.05, 3.63) is 52.0 Å². The Kier molecular flexibility index (Phi) is 8.23. The monoisotopic (exact) mass is 353 g/mol. The zero-order valence-corrected chi connectivity index (χ0v) is 15.1. The molecule has 0 aliphatic heterocycles. The average Bonchev–Trinajstić information content (AvgIpc) is 2.96. The number of hydrogen-bond acceptors (Lipinski definition) is 4. The molecule has 0 fully saturated rings. The Morgan fingerprint density at radius 1 is 1.30 bits per heavy atom. The molecule has 2 rings (SSSR count). The third-order valence-electron chi connectivity index (χ3n) is 3.36. The van der Waals surface area contributed by atoms with Crippen molar-refractivity contribution >= 4 is 29.7 Å². The van der Waals surface area contributed by atoms with Gasteiger partial charge in [-0.05, 0) is 24.4 Å². The van der Waals surface area contributed by atoms with Crippen molar-refractivity contribution in [1.82, 2.24) is 10.3 Å². The molecule has 2 aromatic rings. The first-order valence-corrected chi connectivity index (χ1v) is 8.48. The predicted molar refractivity (Wildman–Crippen MR) is 98.2 cm³/mol. The van der Waals surface area contributed by atoms with Crippen LogP contribution in [0.15, 0.2) is 35.7 Å². The molecule has 0 bridgehead atoms. The molecule has 0 aliphatic carbocycles. The minimum Gasteiger partial charge on any atom is -0.344 e. The zero-order chi connectivity index (χ0) is 15.9.